The monoisotopic (exact) mass is 1690 g/mol. The zero-order chi connectivity index (χ0) is 86.5. The minimum absolute atomic E-state index is 0.0165. The number of hydrogen-bond acceptors (Lipinski definition) is 22. The van der Waals surface area contributed by atoms with Gasteiger partial charge in [-0.2, -0.15) is 4.57 Å². The Hall–Kier alpha value is -12.9. The van der Waals surface area contributed by atoms with Crippen molar-refractivity contribution >= 4 is 169 Å². The van der Waals surface area contributed by atoms with Crippen LogP contribution in [0.5, 0.6) is 0 Å². The van der Waals surface area contributed by atoms with Crippen molar-refractivity contribution in [2.45, 2.75) is 98.1 Å². The molecule has 1 atom stereocenters. The maximum Gasteiger partial charge on any atom is 0.422 e. The van der Waals surface area contributed by atoms with Crippen molar-refractivity contribution in [3.8, 4) is 0 Å². The van der Waals surface area contributed by atoms with Crippen molar-refractivity contribution in [3.63, 3.8) is 0 Å². The second-order valence-electron chi connectivity index (χ2n) is 28.0. The molecule has 6 aliphatic rings. The SMILES string of the molecule is C=CC(=C\C=C\OC)/C=C1/OC(=S)N(C(C)=O)C1=O.CCCCCCCN1C(=O)/C(=C\c2ccc(N(C)C)cc2)OC1=S.CCCC[n+]1ccccc1/C=C1/OC(=S)N(CCOC)C1=O.CCN1C(=O)O/C(=C/c2ccc3oc4ccccc4c3c2)C1=O.O=C1O/C(=C/c2ccc(N(c3ccccc3)c3ccccc3)cc2)C(=O)N1CC1CCCO1. The van der Waals surface area contributed by atoms with E-state index in [2.05, 4.69) is 54.2 Å². The number of imide groups is 3. The normalized spacial score (nSPS) is 17.4. The van der Waals surface area contributed by atoms with E-state index in [4.69, 9.17) is 79.0 Å². The summed E-state index contributed by atoms with van der Waals surface area (Å²) in [5, 5.41) is 2.25. The summed E-state index contributed by atoms with van der Waals surface area (Å²) in [6.07, 6.45) is 24.8. The number of methoxy groups -OCH3 is 2. The van der Waals surface area contributed by atoms with Crippen LogP contribution in [0.25, 0.3) is 46.2 Å². The summed E-state index contributed by atoms with van der Waals surface area (Å²) in [5.74, 6) is -1.61. The Kier molecular flexibility index (Phi) is 33.5. The summed E-state index contributed by atoms with van der Waals surface area (Å²) < 4.78 is 49.5. The van der Waals surface area contributed by atoms with Crippen LogP contribution < -0.4 is 14.4 Å². The van der Waals surface area contributed by atoms with Gasteiger partial charge in [-0.3, -0.25) is 38.6 Å². The lowest BCUT2D eigenvalue weighted by Crippen LogP contribution is -2.36. The zero-order valence-corrected chi connectivity index (χ0v) is 71.2. The minimum atomic E-state index is -0.641. The number of allylic oxidation sites excluding steroid dienone is 5. The molecule has 2 aromatic heterocycles. The van der Waals surface area contributed by atoms with Crippen molar-refractivity contribution in [2.75, 3.05) is 77.5 Å². The molecule has 8 heterocycles. The number of cyclic esters (lactones) is 2. The fourth-order valence-corrected chi connectivity index (χ4v) is 13.8. The predicted molar refractivity (Wildman–Crippen MR) is 475 cm³/mol. The molecule has 0 aliphatic carbocycles. The van der Waals surface area contributed by atoms with E-state index in [1.807, 2.05) is 171 Å². The van der Waals surface area contributed by atoms with Gasteiger partial charge in [0.25, 0.3) is 39.2 Å². The Morgan fingerprint density at radius 1 is 0.545 bits per heavy atom. The predicted octanol–water partition coefficient (Wildman–Crippen LogP) is 17.5. The molecule has 0 N–H and O–H groups in total. The van der Waals surface area contributed by atoms with E-state index >= 15 is 0 Å². The quantitative estimate of drug-likeness (QED) is 0.0116. The van der Waals surface area contributed by atoms with Crippen LogP contribution in [0.3, 0.4) is 0 Å². The molecular weight excluding hydrogens is 1600 g/mol. The number of fused-ring (bicyclic) bond motifs is 3. The van der Waals surface area contributed by atoms with E-state index in [0.29, 0.717) is 44.2 Å². The molecule has 1 unspecified atom stereocenters. The van der Waals surface area contributed by atoms with Crippen LogP contribution in [-0.4, -0.2) is 161 Å². The second-order valence-corrected chi connectivity index (χ2v) is 29.1. The molecule has 0 saturated carbocycles. The molecule has 121 heavy (non-hydrogen) atoms. The van der Waals surface area contributed by atoms with Crippen LogP contribution in [0.1, 0.15) is 108 Å². The molecule has 6 fully saturated rings. The number of benzene rings is 6. The molecular formula is C93H97N8O17S3+. The first-order valence-corrected chi connectivity index (χ1v) is 40.9. The number of para-hydroxylation sites is 3. The summed E-state index contributed by atoms with van der Waals surface area (Å²) in [5.41, 5.74) is 9.78. The maximum atomic E-state index is 12.7. The van der Waals surface area contributed by atoms with Gasteiger partial charge in [-0.1, -0.05) is 150 Å². The average Bonchev–Trinajstić information content (AvgIpc) is 1.64. The van der Waals surface area contributed by atoms with Crippen LogP contribution in [0, 0.1) is 0 Å². The number of amides is 8. The maximum absolute atomic E-state index is 12.7. The van der Waals surface area contributed by atoms with Gasteiger partial charge < -0.3 is 52.1 Å². The summed E-state index contributed by atoms with van der Waals surface area (Å²) >= 11 is 15.1. The van der Waals surface area contributed by atoms with Gasteiger partial charge in [0.1, 0.15) is 17.7 Å². The van der Waals surface area contributed by atoms with Crippen LogP contribution in [0.2, 0.25) is 0 Å². The molecule has 628 valence electrons. The van der Waals surface area contributed by atoms with Crippen LogP contribution in [-0.2, 0) is 73.2 Å². The van der Waals surface area contributed by atoms with E-state index in [0.717, 1.165) is 127 Å². The number of nitrogens with zero attached hydrogens (tertiary/aromatic N) is 8. The highest BCUT2D eigenvalue weighted by molar-refractivity contribution is 7.80. The summed E-state index contributed by atoms with van der Waals surface area (Å²) in [6, 6.07) is 55.2. The standard InChI is InChI=1S/C27H24N2O4.C19H26N2O2S.C18H13NO4.C16H21N2O3S.C13H13NO4S/c30-26-25(33-27(31)28(26)19-24-12-7-17-32-24)18-20-13-15-23(16-14-20)29(21-8-3-1-4-9-21)22-10-5-2-6-11-22;1-4-5-6-7-8-13-21-18(22)17(23-19(21)24)14-15-9-11-16(12-10-15)20(2)3;1-2-19-17(20)16(23-18(19)21)10-11-7-8-15-13(9-11)12-5-3-4-6-14(12)22-15;1-3-4-8-17-9-6-5-7-13(17)12-14-15(19)18(10-11-20-2)16(22)21-14;1-4-10(6-5-7-17-3)8-11-12(16)14(9(2)15)13(19)18-11/h1-6,8-11,13-16,18,24H,7,12,17,19H2;9-12,14H,4-8,13H2,1-3H3;3-10H,2H2,1H3;5-7,9,12H,3-4,8,10-11H2,1-2H3;4-8H,1H2,2-3H3/q;;;+1;/b25-18+;17-14+;16-10+;14-12+;7-5+,10-6+,11-8+. The van der Waals surface area contributed by atoms with Gasteiger partial charge in [0.15, 0.2) is 29.2 Å². The van der Waals surface area contributed by atoms with Gasteiger partial charge in [0.05, 0.1) is 45.2 Å². The Morgan fingerprint density at radius 3 is 1.64 bits per heavy atom. The highest BCUT2D eigenvalue weighted by atomic mass is 32.1. The number of thiocarbonyl (C=S) groups is 3. The molecule has 0 bridgehead atoms. The molecule has 6 aliphatic heterocycles. The Balaban J connectivity index is 0.000000161. The van der Waals surface area contributed by atoms with E-state index in [1.54, 1.807) is 55.4 Å². The molecule has 8 amide bonds. The number of unbranched alkanes of at least 4 members (excludes halogenated alkanes) is 5. The molecule has 14 rings (SSSR count). The second kappa shape index (κ2) is 44.8. The molecule has 6 aromatic carbocycles. The third-order valence-corrected chi connectivity index (χ3v) is 20.1. The van der Waals surface area contributed by atoms with E-state index < -0.39 is 35.8 Å². The summed E-state index contributed by atoms with van der Waals surface area (Å²) in [7, 11) is 7.09. The number of furan rings is 1. The van der Waals surface area contributed by atoms with Gasteiger partial charge in [-0.05, 0) is 188 Å². The number of hydrogen-bond donors (Lipinski definition) is 0. The molecule has 25 nitrogen and oxygen atoms in total. The Labute approximate surface area is 719 Å². The third kappa shape index (κ3) is 24.2. The van der Waals surface area contributed by atoms with Crippen molar-refractivity contribution < 1.29 is 85.2 Å². The number of likely N-dealkylation sites (N-methyl/N-ethyl adjacent to an activating group) is 1. The molecule has 0 radical (unpaired) electrons. The lowest BCUT2D eigenvalue weighted by molar-refractivity contribution is -0.699. The first-order chi connectivity index (χ1) is 58.6. The lowest BCUT2D eigenvalue weighted by Gasteiger charge is -2.25. The van der Waals surface area contributed by atoms with Gasteiger partial charge in [-0.25, -0.2) is 24.3 Å². The zero-order valence-electron chi connectivity index (χ0n) is 68.8. The van der Waals surface area contributed by atoms with E-state index in [9.17, 15) is 38.4 Å². The number of anilines is 4. The van der Waals surface area contributed by atoms with Crippen molar-refractivity contribution in [2.24, 2.45) is 0 Å². The van der Waals surface area contributed by atoms with Crippen molar-refractivity contribution in [1.29, 1.82) is 0 Å². The van der Waals surface area contributed by atoms with Crippen LogP contribution >= 0.6 is 36.7 Å². The summed E-state index contributed by atoms with van der Waals surface area (Å²) in [4.78, 5) is 107. The Bertz CT molecular complexity index is 5300. The Morgan fingerprint density at radius 2 is 1.07 bits per heavy atom. The molecule has 0 spiro atoms. The van der Waals surface area contributed by atoms with Gasteiger partial charge >= 0.3 is 18.1 Å². The fraction of sp³-hybridized carbons (Fsp3) is 0.269. The van der Waals surface area contributed by atoms with E-state index in [-0.39, 0.29) is 63.0 Å². The number of aryl methyl sites for hydroxylation is 1. The number of carbonyl (C=O) groups excluding carboxylic acids is 8. The molecule has 6 saturated heterocycles. The van der Waals surface area contributed by atoms with E-state index in [1.165, 1.54) is 56.6 Å². The van der Waals surface area contributed by atoms with Gasteiger partial charge in [-0.15, -0.1) is 0 Å². The van der Waals surface area contributed by atoms with Crippen LogP contribution in [0.4, 0.5) is 32.3 Å². The van der Waals surface area contributed by atoms with Crippen molar-refractivity contribution in [1.82, 2.24) is 24.5 Å². The van der Waals surface area contributed by atoms with Crippen LogP contribution in [0.15, 0.2) is 252 Å². The minimum Gasteiger partial charge on any atom is -0.504 e. The number of carbonyl (C=O) groups is 8. The number of rotatable bonds is 27. The molecule has 8 aromatic rings. The smallest absolute Gasteiger partial charge is 0.422 e. The van der Waals surface area contributed by atoms with Gasteiger partial charge in [0, 0.05) is 99.9 Å². The number of pyridine rings is 1. The summed E-state index contributed by atoms with van der Waals surface area (Å²) in [6.45, 7) is 14.5. The highest BCUT2D eigenvalue weighted by Crippen LogP contribution is 2.36. The average molecular weight is 1700 g/mol. The third-order valence-electron chi connectivity index (χ3n) is 19.3. The number of ether oxygens (including phenoxy) is 8. The number of aromatic nitrogens is 1. The largest absolute Gasteiger partial charge is 0.504 e. The molecule has 28 heteroatoms. The first-order valence-electron chi connectivity index (χ1n) is 39.7. The van der Waals surface area contributed by atoms with Crippen molar-refractivity contribution in [3.05, 3.63) is 270 Å². The lowest BCUT2D eigenvalue weighted by atomic mass is 10.1. The highest BCUT2D eigenvalue weighted by Gasteiger charge is 2.41. The van der Waals surface area contributed by atoms with Gasteiger partial charge in [0.2, 0.25) is 17.4 Å². The first kappa shape index (κ1) is 90.5. The topological polar surface area (TPSA) is 250 Å². The fourth-order valence-electron chi connectivity index (χ4n) is 12.9.